The molecule has 0 saturated carbocycles. The van der Waals surface area contributed by atoms with Crippen molar-refractivity contribution in [2.45, 2.75) is 46.3 Å². The average molecular weight is 265 g/mol. The highest BCUT2D eigenvalue weighted by Crippen LogP contribution is 2.26. The highest BCUT2D eigenvalue weighted by atomic mass is 16.6. The fourth-order valence-corrected chi connectivity index (χ4v) is 1.75. The molecule has 4 nitrogen and oxygen atoms in total. The van der Waals surface area contributed by atoms with Gasteiger partial charge in [-0.2, -0.15) is 0 Å². The van der Waals surface area contributed by atoms with E-state index in [0.717, 1.165) is 16.9 Å². The van der Waals surface area contributed by atoms with E-state index in [1.807, 2.05) is 52.8 Å². The SMILES string of the molecule is COc1ccc(C)cc1C(C)NC(=O)OC(C)(C)C. The molecule has 0 aliphatic carbocycles. The second-order valence-electron chi connectivity index (χ2n) is 5.61. The van der Waals surface area contributed by atoms with Crippen molar-refractivity contribution in [1.29, 1.82) is 0 Å². The number of rotatable bonds is 3. The molecule has 19 heavy (non-hydrogen) atoms. The molecule has 0 fully saturated rings. The molecular formula is C15H23NO3. The van der Waals surface area contributed by atoms with Crippen LogP contribution in [0, 0.1) is 6.92 Å². The van der Waals surface area contributed by atoms with Crippen molar-refractivity contribution >= 4 is 6.09 Å². The van der Waals surface area contributed by atoms with Crippen molar-refractivity contribution in [3.63, 3.8) is 0 Å². The van der Waals surface area contributed by atoms with E-state index in [9.17, 15) is 4.79 Å². The Bertz CT molecular complexity index is 449. The van der Waals surface area contributed by atoms with Crippen LogP contribution < -0.4 is 10.1 Å². The zero-order chi connectivity index (χ0) is 14.6. The maximum Gasteiger partial charge on any atom is 0.408 e. The molecule has 1 N–H and O–H groups in total. The number of carbonyl (C=O) groups excluding carboxylic acids is 1. The molecule has 1 aromatic rings. The van der Waals surface area contributed by atoms with Crippen LogP contribution in [0.5, 0.6) is 5.75 Å². The number of methoxy groups -OCH3 is 1. The Morgan fingerprint density at radius 3 is 2.47 bits per heavy atom. The zero-order valence-corrected chi connectivity index (χ0v) is 12.5. The van der Waals surface area contributed by atoms with Crippen LogP contribution in [0.1, 0.15) is 44.9 Å². The predicted octanol–water partition coefficient (Wildman–Crippen LogP) is 3.59. The minimum Gasteiger partial charge on any atom is -0.496 e. The highest BCUT2D eigenvalue weighted by molar-refractivity contribution is 5.68. The second-order valence-corrected chi connectivity index (χ2v) is 5.61. The lowest BCUT2D eigenvalue weighted by Gasteiger charge is -2.23. The first-order valence-corrected chi connectivity index (χ1v) is 6.37. The molecule has 0 radical (unpaired) electrons. The van der Waals surface area contributed by atoms with Gasteiger partial charge < -0.3 is 14.8 Å². The van der Waals surface area contributed by atoms with E-state index in [1.165, 1.54) is 0 Å². The first kappa shape index (κ1) is 15.3. The number of carbonyl (C=O) groups is 1. The van der Waals surface area contributed by atoms with Gasteiger partial charge in [-0.25, -0.2) is 4.79 Å². The monoisotopic (exact) mass is 265 g/mol. The largest absolute Gasteiger partial charge is 0.496 e. The maximum absolute atomic E-state index is 11.8. The Morgan fingerprint density at radius 1 is 1.32 bits per heavy atom. The summed E-state index contributed by atoms with van der Waals surface area (Å²) in [6.45, 7) is 9.42. The number of hydrogen-bond donors (Lipinski definition) is 1. The van der Waals surface area contributed by atoms with Crippen LogP contribution in [-0.4, -0.2) is 18.8 Å². The average Bonchev–Trinajstić information content (AvgIpc) is 2.26. The number of ether oxygens (including phenoxy) is 2. The van der Waals surface area contributed by atoms with Gasteiger partial charge in [0.05, 0.1) is 13.2 Å². The summed E-state index contributed by atoms with van der Waals surface area (Å²) in [5.41, 5.74) is 1.56. The number of aryl methyl sites for hydroxylation is 1. The van der Waals surface area contributed by atoms with Gasteiger partial charge in [0.15, 0.2) is 0 Å². The van der Waals surface area contributed by atoms with Crippen molar-refractivity contribution in [2.75, 3.05) is 7.11 Å². The third kappa shape index (κ3) is 4.81. The van der Waals surface area contributed by atoms with Crippen molar-refractivity contribution in [3.8, 4) is 5.75 Å². The molecule has 0 aliphatic heterocycles. The molecule has 106 valence electrons. The van der Waals surface area contributed by atoms with Gasteiger partial charge in [-0.1, -0.05) is 17.7 Å². The van der Waals surface area contributed by atoms with Gasteiger partial charge in [-0.15, -0.1) is 0 Å². The Kier molecular flexibility index (Phi) is 4.81. The lowest BCUT2D eigenvalue weighted by Crippen LogP contribution is -2.34. The smallest absolute Gasteiger partial charge is 0.408 e. The van der Waals surface area contributed by atoms with Crippen LogP contribution >= 0.6 is 0 Å². The van der Waals surface area contributed by atoms with E-state index in [1.54, 1.807) is 7.11 Å². The molecule has 1 atom stereocenters. The lowest BCUT2D eigenvalue weighted by molar-refractivity contribution is 0.0507. The van der Waals surface area contributed by atoms with Crippen LogP contribution in [0.4, 0.5) is 4.79 Å². The molecule has 0 spiro atoms. The number of benzene rings is 1. The summed E-state index contributed by atoms with van der Waals surface area (Å²) in [6, 6.07) is 5.70. The summed E-state index contributed by atoms with van der Waals surface area (Å²) in [6.07, 6.45) is -0.427. The standard InChI is InChI=1S/C15H23NO3/c1-10-7-8-13(18-6)12(9-10)11(2)16-14(17)19-15(3,4)5/h7-9,11H,1-6H3,(H,16,17). The van der Waals surface area contributed by atoms with Crippen LogP contribution in [0.2, 0.25) is 0 Å². The molecular weight excluding hydrogens is 242 g/mol. The Balaban J connectivity index is 2.80. The Morgan fingerprint density at radius 2 is 1.95 bits per heavy atom. The molecule has 0 bridgehead atoms. The molecule has 0 heterocycles. The minimum absolute atomic E-state index is 0.176. The molecule has 1 unspecified atom stereocenters. The molecule has 1 amide bonds. The third-order valence-electron chi connectivity index (χ3n) is 2.58. The van der Waals surface area contributed by atoms with Crippen LogP contribution in [0.3, 0.4) is 0 Å². The molecule has 1 rings (SSSR count). The zero-order valence-electron chi connectivity index (χ0n) is 12.5. The van der Waals surface area contributed by atoms with E-state index in [2.05, 4.69) is 5.32 Å². The van der Waals surface area contributed by atoms with Gasteiger partial charge in [0.1, 0.15) is 11.4 Å². The van der Waals surface area contributed by atoms with E-state index in [4.69, 9.17) is 9.47 Å². The molecule has 0 aliphatic rings. The normalized spacial score (nSPS) is 12.7. The summed E-state index contributed by atoms with van der Waals surface area (Å²) in [5, 5.41) is 2.81. The van der Waals surface area contributed by atoms with Crippen molar-refractivity contribution < 1.29 is 14.3 Å². The summed E-state index contributed by atoms with van der Waals surface area (Å²) < 4.78 is 10.6. The van der Waals surface area contributed by atoms with Crippen molar-refractivity contribution in [1.82, 2.24) is 5.32 Å². The Hall–Kier alpha value is -1.71. The number of alkyl carbamates (subject to hydrolysis) is 1. The van der Waals surface area contributed by atoms with Gasteiger partial charge in [0.2, 0.25) is 0 Å². The van der Waals surface area contributed by atoms with Gasteiger partial charge >= 0.3 is 6.09 Å². The molecule has 0 aromatic heterocycles. The first-order chi connectivity index (χ1) is 8.73. The van der Waals surface area contributed by atoms with Crippen LogP contribution in [-0.2, 0) is 4.74 Å². The van der Waals surface area contributed by atoms with E-state index < -0.39 is 11.7 Å². The fraction of sp³-hybridized carbons (Fsp3) is 0.533. The predicted molar refractivity (Wildman–Crippen MR) is 75.5 cm³/mol. The fourth-order valence-electron chi connectivity index (χ4n) is 1.75. The van der Waals surface area contributed by atoms with E-state index in [-0.39, 0.29) is 6.04 Å². The number of amides is 1. The first-order valence-electron chi connectivity index (χ1n) is 6.37. The quantitative estimate of drug-likeness (QED) is 0.908. The summed E-state index contributed by atoms with van der Waals surface area (Å²) in [4.78, 5) is 11.8. The maximum atomic E-state index is 11.8. The highest BCUT2D eigenvalue weighted by Gasteiger charge is 2.19. The van der Waals surface area contributed by atoms with E-state index >= 15 is 0 Å². The number of hydrogen-bond acceptors (Lipinski definition) is 3. The minimum atomic E-state index is -0.500. The molecule has 0 saturated heterocycles. The van der Waals surface area contributed by atoms with Crippen molar-refractivity contribution in [3.05, 3.63) is 29.3 Å². The summed E-state index contributed by atoms with van der Waals surface area (Å²) in [5.74, 6) is 0.758. The Labute approximate surface area is 115 Å². The molecule has 4 heteroatoms. The van der Waals surface area contributed by atoms with Gasteiger partial charge in [-0.05, 0) is 40.7 Å². The topological polar surface area (TPSA) is 47.6 Å². The van der Waals surface area contributed by atoms with Crippen molar-refractivity contribution in [2.24, 2.45) is 0 Å². The third-order valence-corrected chi connectivity index (χ3v) is 2.58. The van der Waals surface area contributed by atoms with Gasteiger partial charge in [0, 0.05) is 5.56 Å². The lowest BCUT2D eigenvalue weighted by atomic mass is 10.0. The number of nitrogens with one attached hydrogen (secondary N) is 1. The van der Waals surface area contributed by atoms with Crippen LogP contribution in [0.15, 0.2) is 18.2 Å². The van der Waals surface area contributed by atoms with Gasteiger partial charge in [-0.3, -0.25) is 0 Å². The van der Waals surface area contributed by atoms with Crippen LogP contribution in [0.25, 0.3) is 0 Å². The summed E-state index contributed by atoms with van der Waals surface area (Å²) >= 11 is 0. The molecule has 1 aromatic carbocycles. The van der Waals surface area contributed by atoms with E-state index in [0.29, 0.717) is 0 Å². The second kappa shape index (κ2) is 5.95. The summed E-state index contributed by atoms with van der Waals surface area (Å²) in [7, 11) is 1.62. The van der Waals surface area contributed by atoms with Gasteiger partial charge in [0.25, 0.3) is 0 Å².